The molecule has 2 unspecified atom stereocenters. The second-order valence-electron chi connectivity index (χ2n) is 6.08. The quantitative estimate of drug-likeness (QED) is 0.777. The number of nitrogens with zero attached hydrogens (tertiary/aromatic N) is 1. The van der Waals surface area contributed by atoms with E-state index in [9.17, 15) is 0 Å². The Balaban J connectivity index is 1.47. The molecule has 92 valence electrons. The van der Waals surface area contributed by atoms with Crippen LogP contribution >= 0.6 is 0 Å². The zero-order chi connectivity index (χ0) is 11.0. The molecular weight excluding hydrogens is 200 g/mol. The van der Waals surface area contributed by atoms with E-state index in [1.807, 2.05) is 0 Å². The van der Waals surface area contributed by atoms with Crippen LogP contribution in [0.5, 0.6) is 0 Å². The molecule has 0 spiro atoms. The van der Waals surface area contributed by atoms with Gasteiger partial charge in [-0.3, -0.25) is 4.90 Å². The van der Waals surface area contributed by atoms with E-state index in [0.717, 1.165) is 25.2 Å². The highest BCUT2D eigenvalue weighted by Gasteiger charge is 2.39. The molecule has 2 heterocycles. The number of ether oxygens (including phenoxy) is 1. The highest BCUT2D eigenvalue weighted by atomic mass is 16.5. The van der Waals surface area contributed by atoms with E-state index in [0.29, 0.717) is 5.54 Å². The number of hydrogen-bond donors (Lipinski definition) is 1. The molecule has 2 saturated heterocycles. The van der Waals surface area contributed by atoms with Gasteiger partial charge in [0.1, 0.15) is 0 Å². The predicted molar refractivity (Wildman–Crippen MR) is 64.5 cm³/mol. The summed E-state index contributed by atoms with van der Waals surface area (Å²) in [6.45, 7) is 8.05. The van der Waals surface area contributed by atoms with Crippen molar-refractivity contribution < 1.29 is 4.74 Å². The van der Waals surface area contributed by atoms with Gasteiger partial charge < -0.3 is 10.1 Å². The summed E-state index contributed by atoms with van der Waals surface area (Å²) in [5, 5.41) is 3.66. The molecule has 3 heteroatoms. The van der Waals surface area contributed by atoms with Gasteiger partial charge in [0.2, 0.25) is 0 Å². The highest BCUT2D eigenvalue weighted by Crippen LogP contribution is 2.31. The smallest absolute Gasteiger partial charge is 0.0648 e. The first-order valence-corrected chi connectivity index (χ1v) is 6.82. The van der Waals surface area contributed by atoms with Crippen LogP contribution in [0.3, 0.4) is 0 Å². The molecule has 0 amide bonds. The monoisotopic (exact) mass is 224 g/mol. The summed E-state index contributed by atoms with van der Waals surface area (Å²) in [6, 6.07) is 0.861. The van der Waals surface area contributed by atoms with Crippen molar-refractivity contribution in [1.29, 1.82) is 0 Å². The van der Waals surface area contributed by atoms with Crippen LogP contribution in [0.25, 0.3) is 0 Å². The lowest BCUT2D eigenvalue weighted by molar-refractivity contribution is 0.0968. The summed E-state index contributed by atoms with van der Waals surface area (Å²) in [5.74, 6) is 0.873. The molecule has 0 bridgehead atoms. The topological polar surface area (TPSA) is 24.5 Å². The minimum absolute atomic E-state index is 0.342. The Kier molecular flexibility index (Phi) is 2.94. The lowest BCUT2D eigenvalue weighted by Crippen LogP contribution is -2.45. The minimum Gasteiger partial charge on any atom is -0.379 e. The molecule has 0 aromatic carbocycles. The maximum Gasteiger partial charge on any atom is 0.0648 e. The van der Waals surface area contributed by atoms with Crippen LogP contribution in [0.15, 0.2) is 0 Å². The van der Waals surface area contributed by atoms with Gasteiger partial charge in [-0.15, -0.1) is 0 Å². The fraction of sp³-hybridized carbons (Fsp3) is 1.00. The number of hydrogen-bond acceptors (Lipinski definition) is 3. The molecule has 2 atom stereocenters. The summed E-state index contributed by atoms with van der Waals surface area (Å²) >= 11 is 0. The van der Waals surface area contributed by atoms with Gasteiger partial charge >= 0.3 is 0 Å². The molecule has 2 aliphatic heterocycles. The van der Waals surface area contributed by atoms with E-state index in [-0.39, 0.29) is 0 Å². The fourth-order valence-electron chi connectivity index (χ4n) is 3.02. The second-order valence-corrected chi connectivity index (χ2v) is 6.08. The Morgan fingerprint density at radius 1 is 1.38 bits per heavy atom. The first kappa shape index (κ1) is 11.0. The normalized spacial score (nSPS) is 40.7. The van der Waals surface area contributed by atoms with Gasteiger partial charge in [0, 0.05) is 24.7 Å². The van der Waals surface area contributed by atoms with E-state index >= 15 is 0 Å². The lowest BCUT2D eigenvalue weighted by atomic mass is 9.99. The van der Waals surface area contributed by atoms with Crippen LogP contribution < -0.4 is 5.32 Å². The molecular formula is C13H24N2O. The second kappa shape index (κ2) is 4.28. The number of rotatable bonds is 4. The number of nitrogens with one attached hydrogen (secondary N) is 1. The standard InChI is InChI=1S/C13H24N2O/c1-13(5-7-16-10-13)15-6-4-11(9-15)8-14-12-2-3-12/h11-12,14H,2-10H2,1H3. The van der Waals surface area contributed by atoms with Crippen LogP contribution in [0.1, 0.15) is 32.6 Å². The molecule has 3 aliphatic rings. The van der Waals surface area contributed by atoms with Gasteiger partial charge in [-0.2, -0.15) is 0 Å². The molecule has 1 saturated carbocycles. The molecule has 0 radical (unpaired) electrons. The van der Waals surface area contributed by atoms with Crippen molar-refractivity contribution in [3.63, 3.8) is 0 Å². The molecule has 16 heavy (non-hydrogen) atoms. The molecule has 3 fully saturated rings. The van der Waals surface area contributed by atoms with Crippen molar-refractivity contribution in [2.24, 2.45) is 5.92 Å². The Labute approximate surface area is 98.5 Å². The van der Waals surface area contributed by atoms with Crippen molar-refractivity contribution in [2.45, 2.75) is 44.2 Å². The van der Waals surface area contributed by atoms with E-state index in [4.69, 9.17) is 4.74 Å². The van der Waals surface area contributed by atoms with Crippen LogP contribution in [-0.4, -0.2) is 49.3 Å². The summed E-state index contributed by atoms with van der Waals surface area (Å²) in [5.41, 5.74) is 0.342. The zero-order valence-corrected chi connectivity index (χ0v) is 10.4. The largest absolute Gasteiger partial charge is 0.379 e. The van der Waals surface area contributed by atoms with Crippen LogP contribution in [0, 0.1) is 5.92 Å². The molecule has 3 nitrogen and oxygen atoms in total. The molecule has 1 aliphatic carbocycles. The molecule has 1 N–H and O–H groups in total. The van der Waals surface area contributed by atoms with Gasteiger partial charge in [-0.05, 0) is 51.6 Å². The Morgan fingerprint density at radius 2 is 2.25 bits per heavy atom. The lowest BCUT2D eigenvalue weighted by Gasteiger charge is -2.34. The van der Waals surface area contributed by atoms with Crippen molar-refractivity contribution in [2.75, 3.05) is 32.8 Å². The summed E-state index contributed by atoms with van der Waals surface area (Å²) in [4.78, 5) is 2.67. The predicted octanol–water partition coefficient (Wildman–Crippen LogP) is 1.24. The maximum absolute atomic E-state index is 5.56. The SMILES string of the molecule is CC1(N2CCC(CNC3CC3)C2)CCOC1. The Hall–Kier alpha value is -0.120. The van der Waals surface area contributed by atoms with Crippen LogP contribution in [0.2, 0.25) is 0 Å². The van der Waals surface area contributed by atoms with Gasteiger partial charge in [0.15, 0.2) is 0 Å². The fourth-order valence-corrected chi connectivity index (χ4v) is 3.02. The van der Waals surface area contributed by atoms with Crippen molar-refractivity contribution in [1.82, 2.24) is 10.2 Å². The Morgan fingerprint density at radius 3 is 2.94 bits per heavy atom. The van der Waals surface area contributed by atoms with Gasteiger partial charge in [-0.1, -0.05) is 0 Å². The maximum atomic E-state index is 5.56. The van der Waals surface area contributed by atoms with E-state index in [1.165, 1.54) is 45.3 Å². The zero-order valence-electron chi connectivity index (χ0n) is 10.4. The van der Waals surface area contributed by atoms with Crippen molar-refractivity contribution >= 4 is 0 Å². The average Bonchev–Trinajstić information content (AvgIpc) is 2.79. The molecule has 3 rings (SSSR count). The summed E-state index contributed by atoms with van der Waals surface area (Å²) in [6.07, 6.45) is 5.40. The molecule has 0 aromatic rings. The third kappa shape index (κ3) is 2.27. The van der Waals surface area contributed by atoms with Crippen molar-refractivity contribution in [3.05, 3.63) is 0 Å². The first-order chi connectivity index (χ1) is 7.76. The summed E-state index contributed by atoms with van der Waals surface area (Å²) in [7, 11) is 0. The highest BCUT2D eigenvalue weighted by molar-refractivity contribution is 4.94. The van der Waals surface area contributed by atoms with Gasteiger partial charge in [-0.25, -0.2) is 0 Å². The van der Waals surface area contributed by atoms with E-state index < -0.39 is 0 Å². The Bertz CT molecular complexity index is 246. The van der Waals surface area contributed by atoms with E-state index in [1.54, 1.807) is 0 Å². The van der Waals surface area contributed by atoms with E-state index in [2.05, 4.69) is 17.1 Å². The average molecular weight is 224 g/mol. The van der Waals surface area contributed by atoms with Crippen LogP contribution in [-0.2, 0) is 4.74 Å². The molecule has 0 aromatic heterocycles. The summed E-state index contributed by atoms with van der Waals surface area (Å²) < 4.78 is 5.56. The third-order valence-electron chi connectivity index (χ3n) is 4.52. The minimum atomic E-state index is 0.342. The van der Waals surface area contributed by atoms with Gasteiger partial charge in [0.05, 0.1) is 6.61 Å². The first-order valence-electron chi connectivity index (χ1n) is 6.82. The number of likely N-dealkylation sites (tertiary alicyclic amines) is 1. The van der Waals surface area contributed by atoms with Crippen molar-refractivity contribution in [3.8, 4) is 0 Å². The third-order valence-corrected chi connectivity index (χ3v) is 4.52. The van der Waals surface area contributed by atoms with Gasteiger partial charge in [0.25, 0.3) is 0 Å². The van der Waals surface area contributed by atoms with Crippen LogP contribution in [0.4, 0.5) is 0 Å².